The predicted molar refractivity (Wildman–Crippen MR) is 128 cm³/mol. The van der Waals surface area contributed by atoms with Crippen molar-refractivity contribution in [2.45, 2.75) is 31.7 Å². The standard InChI is InChI=1S/C20H32ClN5O.HI/c1-22-20(24-13-11-16-8-4-5-9-17(16)21)23-12-7-15-26-14-6-10-18(26)19(27)25(2)3;/h4-5,8-9,18H,6-7,10-15H2,1-3H3,(H2,22,23,24);1H. The van der Waals surface area contributed by atoms with Gasteiger partial charge in [-0.2, -0.15) is 0 Å². The van der Waals surface area contributed by atoms with Gasteiger partial charge in [-0.3, -0.25) is 14.7 Å². The second-order valence-electron chi connectivity index (χ2n) is 7.05. The highest BCUT2D eigenvalue weighted by atomic mass is 127. The molecule has 1 fully saturated rings. The Morgan fingerprint density at radius 2 is 2.00 bits per heavy atom. The number of guanidine groups is 1. The Labute approximate surface area is 191 Å². The topological polar surface area (TPSA) is 60.0 Å². The fraction of sp³-hybridized carbons (Fsp3) is 0.600. The van der Waals surface area contributed by atoms with E-state index in [2.05, 4.69) is 20.5 Å². The Morgan fingerprint density at radius 1 is 1.29 bits per heavy atom. The molecule has 2 rings (SSSR count). The summed E-state index contributed by atoms with van der Waals surface area (Å²) in [6.07, 6.45) is 3.89. The molecule has 0 aliphatic carbocycles. The van der Waals surface area contributed by atoms with E-state index < -0.39 is 0 Å². The van der Waals surface area contributed by atoms with Crippen LogP contribution in [0.3, 0.4) is 0 Å². The summed E-state index contributed by atoms with van der Waals surface area (Å²) in [7, 11) is 5.44. The maximum Gasteiger partial charge on any atom is 0.239 e. The highest BCUT2D eigenvalue weighted by molar-refractivity contribution is 14.0. The van der Waals surface area contributed by atoms with Gasteiger partial charge in [-0.15, -0.1) is 24.0 Å². The van der Waals surface area contributed by atoms with E-state index in [0.717, 1.165) is 68.4 Å². The zero-order valence-electron chi connectivity index (χ0n) is 17.1. The number of hydrogen-bond donors (Lipinski definition) is 2. The average Bonchev–Trinajstić information content (AvgIpc) is 3.12. The number of nitrogens with one attached hydrogen (secondary N) is 2. The number of nitrogens with zero attached hydrogens (tertiary/aromatic N) is 3. The van der Waals surface area contributed by atoms with Crippen molar-refractivity contribution in [3.63, 3.8) is 0 Å². The number of hydrogen-bond acceptors (Lipinski definition) is 3. The van der Waals surface area contributed by atoms with Crippen molar-refractivity contribution in [1.29, 1.82) is 0 Å². The van der Waals surface area contributed by atoms with Gasteiger partial charge in [0.2, 0.25) is 5.91 Å². The van der Waals surface area contributed by atoms with Crippen LogP contribution in [0.2, 0.25) is 5.02 Å². The van der Waals surface area contributed by atoms with Crippen LogP contribution in [-0.2, 0) is 11.2 Å². The van der Waals surface area contributed by atoms with Crippen molar-refractivity contribution < 1.29 is 4.79 Å². The van der Waals surface area contributed by atoms with Crippen LogP contribution < -0.4 is 10.6 Å². The first-order valence-electron chi connectivity index (χ1n) is 9.66. The van der Waals surface area contributed by atoms with Gasteiger partial charge in [-0.25, -0.2) is 0 Å². The Hall–Kier alpha value is -1.06. The summed E-state index contributed by atoms with van der Waals surface area (Å²) in [6.45, 7) is 3.53. The second kappa shape index (κ2) is 13.2. The van der Waals surface area contributed by atoms with E-state index in [1.54, 1.807) is 11.9 Å². The highest BCUT2D eigenvalue weighted by Gasteiger charge is 2.30. The van der Waals surface area contributed by atoms with Crippen LogP contribution in [-0.4, -0.2) is 75.0 Å². The van der Waals surface area contributed by atoms with Crippen LogP contribution in [0.25, 0.3) is 0 Å². The summed E-state index contributed by atoms with van der Waals surface area (Å²) in [6, 6.07) is 7.95. The van der Waals surface area contributed by atoms with Gasteiger partial charge in [-0.05, 0) is 43.9 Å². The molecule has 0 saturated carbocycles. The van der Waals surface area contributed by atoms with E-state index >= 15 is 0 Å². The lowest BCUT2D eigenvalue weighted by Gasteiger charge is -2.26. The van der Waals surface area contributed by atoms with Crippen molar-refractivity contribution in [2.24, 2.45) is 4.99 Å². The number of carbonyl (C=O) groups excluding carboxylic acids is 1. The molecule has 1 aromatic rings. The van der Waals surface area contributed by atoms with Crippen molar-refractivity contribution in [3.05, 3.63) is 34.9 Å². The van der Waals surface area contributed by atoms with Crippen LogP contribution in [0.4, 0.5) is 0 Å². The summed E-state index contributed by atoms with van der Waals surface area (Å²) in [5.74, 6) is 1.02. The quantitative estimate of drug-likeness (QED) is 0.239. The van der Waals surface area contributed by atoms with Crippen molar-refractivity contribution in [3.8, 4) is 0 Å². The lowest BCUT2D eigenvalue weighted by Crippen LogP contribution is -2.44. The maximum absolute atomic E-state index is 12.2. The van der Waals surface area contributed by atoms with Gasteiger partial charge >= 0.3 is 0 Å². The molecule has 28 heavy (non-hydrogen) atoms. The molecule has 0 bridgehead atoms. The van der Waals surface area contributed by atoms with Crippen LogP contribution in [0, 0.1) is 0 Å². The van der Waals surface area contributed by atoms with Crippen LogP contribution >= 0.6 is 35.6 Å². The van der Waals surface area contributed by atoms with E-state index in [4.69, 9.17) is 11.6 Å². The molecule has 1 saturated heterocycles. The van der Waals surface area contributed by atoms with Crippen LogP contribution in [0.5, 0.6) is 0 Å². The molecule has 1 aliphatic heterocycles. The molecule has 1 aromatic carbocycles. The summed E-state index contributed by atoms with van der Waals surface area (Å²) in [4.78, 5) is 20.5. The highest BCUT2D eigenvalue weighted by Crippen LogP contribution is 2.18. The molecule has 158 valence electrons. The first-order chi connectivity index (χ1) is 13.0. The monoisotopic (exact) mass is 521 g/mol. The zero-order valence-corrected chi connectivity index (χ0v) is 20.2. The molecule has 1 heterocycles. The molecule has 1 aliphatic rings. The molecule has 0 aromatic heterocycles. The number of amides is 1. The van der Waals surface area contributed by atoms with Gasteiger partial charge in [0.25, 0.3) is 0 Å². The first kappa shape index (κ1) is 25.0. The van der Waals surface area contributed by atoms with E-state index in [9.17, 15) is 4.79 Å². The Kier molecular flexibility index (Phi) is 11.8. The lowest BCUT2D eigenvalue weighted by atomic mass is 10.1. The summed E-state index contributed by atoms with van der Waals surface area (Å²) in [5.41, 5.74) is 1.13. The number of halogens is 2. The summed E-state index contributed by atoms with van der Waals surface area (Å²) >= 11 is 6.19. The Balaban J connectivity index is 0.00000392. The maximum atomic E-state index is 12.2. The molecule has 0 spiro atoms. The molecule has 6 nitrogen and oxygen atoms in total. The minimum atomic E-state index is 0. The SMILES string of the molecule is CN=C(NCCCN1CCCC1C(=O)N(C)C)NCCc1ccccc1Cl.I. The third-order valence-electron chi connectivity index (χ3n) is 4.87. The van der Waals surface area contributed by atoms with Gasteiger partial charge in [0.05, 0.1) is 6.04 Å². The van der Waals surface area contributed by atoms with Crippen LogP contribution in [0.15, 0.2) is 29.3 Å². The number of likely N-dealkylation sites (tertiary alicyclic amines) is 1. The number of rotatable bonds is 8. The zero-order chi connectivity index (χ0) is 19.6. The molecule has 8 heteroatoms. The smallest absolute Gasteiger partial charge is 0.239 e. The van der Waals surface area contributed by atoms with Gasteiger partial charge in [0, 0.05) is 45.8 Å². The third-order valence-corrected chi connectivity index (χ3v) is 5.24. The molecule has 1 unspecified atom stereocenters. The Bertz CT molecular complexity index is 641. The third kappa shape index (κ3) is 7.75. The predicted octanol–water partition coefficient (Wildman–Crippen LogP) is 2.61. The Morgan fingerprint density at radius 3 is 2.68 bits per heavy atom. The molecule has 1 atom stereocenters. The number of aliphatic imine (C=N–C) groups is 1. The van der Waals surface area contributed by atoms with Crippen molar-refractivity contribution >= 4 is 47.4 Å². The van der Waals surface area contributed by atoms with Gasteiger partial charge in [0.1, 0.15) is 0 Å². The van der Waals surface area contributed by atoms with E-state index in [1.165, 1.54) is 0 Å². The van der Waals surface area contributed by atoms with Crippen molar-refractivity contribution in [1.82, 2.24) is 20.4 Å². The molecule has 1 amide bonds. The fourth-order valence-electron chi connectivity index (χ4n) is 3.40. The minimum absolute atomic E-state index is 0. The normalized spacial score (nSPS) is 17.1. The lowest BCUT2D eigenvalue weighted by molar-refractivity contribution is -0.133. The second-order valence-corrected chi connectivity index (χ2v) is 7.45. The van der Waals surface area contributed by atoms with Crippen molar-refractivity contribution in [2.75, 3.05) is 47.3 Å². The largest absolute Gasteiger partial charge is 0.356 e. The summed E-state index contributed by atoms with van der Waals surface area (Å²) < 4.78 is 0. The molecular weight excluding hydrogens is 489 g/mol. The van der Waals surface area contributed by atoms with Gasteiger partial charge < -0.3 is 15.5 Å². The van der Waals surface area contributed by atoms with E-state index in [0.29, 0.717) is 0 Å². The average molecular weight is 522 g/mol. The van der Waals surface area contributed by atoms with Gasteiger partial charge in [0.15, 0.2) is 5.96 Å². The molecular formula is C20H33ClIN5O. The number of benzene rings is 1. The van der Waals surface area contributed by atoms with Crippen LogP contribution in [0.1, 0.15) is 24.8 Å². The fourth-order valence-corrected chi connectivity index (χ4v) is 3.63. The summed E-state index contributed by atoms with van der Waals surface area (Å²) in [5, 5.41) is 7.47. The molecule has 0 radical (unpaired) electrons. The van der Waals surface area contributed by atoms with E-state index in [1.807, 2.05) is 38.4 Å². The minimum Gasteiger partial charge on any atom is -0.356 e. The van der Waals surface area contributed by atoms with E-state index in [-0.39, 0.29) is 35.9 Å². The first-order valence-corrected chi connectivity index (χ1v) is 10.0. The number of carbonyl (C=O) groups is 1. The number of likely N-dealkylation sites (N-methyl/N-ethyl adjacent to an activating group) is 1. The molecule has 2 N–H and O–H groups in total. The van der Waals surface area contributed by atoms with Gasteiger partial charge in [-0.1, -0.05) is 29.8 Å².